The van der Waals surface area contributed by atoms with Gasteiger partial charge in [-0.2, -0.15) is 10.2 Å². The summed E-state index contributed by atoms with van der Waals surface area (Å²) in [6, 6.07) is 43.8. The molecule has 68 heavy (non-hydrogen) atoms. The number of furan rings is 2. The van der Waals surface area contributed by atoms with Gasteiger partial charge in [0.15, 0.2) is 5.82 Å². The highest BCUT2D eigenvalue weighted by Gasteiger charge is 2.22. The summed E-state index contributed by atoms with van der Waals surface area (Å²) in [5.74, 6) is 2.45. The van der Waals surface area contributed by atoms with Crippen LogP contribution < -0.4 is 9.47 Å². The van der Waals surface area contributed by atoms with Crippen LogP contribution in [0.3, 0.4) is 0 Å². The maximum absolute atomic E-state index is 6.38. The number of para-hydroxylation sites is 1. The van der Waals surface area contributed by atoms with Gasteiger partial charge in [-0.05, 0) is 116 Å². The van der Waals surface area contributed by atoms with Crippen LogP contribution in [0.5, 0.6) is 23.5 Å². The van der Waals surface area contributed by atoms with Crippen LogP contribution in [0.2, 0.25) is 0 Å². The van der Waals surface area contributed by atoms with E-state index in [1.807, 2.05) is 97.1 Å². The molecule has 14 rings (SSSR count). The van der Waals surface area contributed by atoms with Crippen molar-refractivity contribution in [3.05, 3.63) is 183 Å². The molecule has 0 fully saturated rings. The van der Waals surface area contributed by atoms with Gasteiger partial charge in [0, 0.05) is 69.7 Å². The topological polar surface area (TPSA) is 142 Å². The lowest BCUT2D eigenvalue weighted by atomic mass is 10.1. The molecule has 14 nitrogen and oxygen atoms in total. The van der Waals surface area contributed by atoms with E-state index in [1.54, 1.807) is 35.8 Å². The fraction of sp³-hybridized carbons (Fsp3) is 0.0370. The maximum atomic E-state index is 6.38. The number of ether oxygens (including phenoxy) is 2. The summed E-state index contributed by atoms with van der Waals surface area (Å²) in [6.07, 6.45) is 17.2. The summed E-state index contributed by atoms with van der Waals surface area (Å²) >= 11 is 0. The Kier molecular flexibility index (Phi) is 8.33. The second kappa shape index (κ2) is 15.0. The Balaban J connectivity index is 0.797. The second-order valence-corrected chi connectivity index (χ2v) is 16.4. The molecular formula is C54H34N10O4. The highest BCUT2D eigenvalue weighted by molar-refractivity contribution is 6.08. The van der Waals surface area contributed by atoms with E-state index in [9.17, 15) is 0 Å². The van der Waals surface area contributed by atoms with Crippen LogP contribution in [0.4, 0.5) is 0 Å². The Bertz CT molecular complexity index is 4110. The first-order valence-corrected chi connectivity index (χ1v) is 22.1. The zero-order valence-corrected chi connectivity index (χ0v) is 35.8. The highest BCUT2D eigenvalue weighted by Crippen LogP contribution is 2.40. The molecule has 324 valence electrons. The largest absolute Gasteiger partial charge is 0.426 e. The number of fused-ring (bicyclic) bond motifs is 8. The molecule has 0 amide bonds. The molecule has 1 aliphatic rings. The lowest BCUT2D eigenvalue weighted by Crippen LogP contribution is -2.09. The van der Waals surface area contributed by atoms with Crippen LogP contribution in [-0.4, -0.2) is 48.6 Å². The van der Waals surface area contributed by atoms with Crippen molar-refractivity contribution in [2.24, 2.45) is 0 Å². The molecule has 0 radical (unpaired) electrons. The third-order valence-corrected chi connectivity index (χ3v) is 12.4. The van der Waals surface area contributed by atoms with Crippen molar-refractivity contribution >= 4 is 71.6 Å². The van der Waals surface area contributed by atoms with Gasteiger partial charge in [-0.25, -0.2) is 15.0 Å². The van der Waals surface area contributed by atoms with Gasteiger partial charge in [0.25, 0.3) is 11.9 Å². The molecule has 10 heterocycles. The van der Waals surface area contributed by atoms with Crippen molar-refractivity contribution in [2.45, 2.75) is 12.8 Å². The average Bonchev–Trinajstić information content (AvgIpc) is 4.26. The Morgan fingerprint density at radius 1 is 0.544 bits per heavy atom. The van der Waals surface area contributed by atoms with E-state index in [2.05, 4.69) is 83.5 Å². The predicted molar refractivity (Wildman–Crippen MR) is 260 cm³/mol. The minimum absolute atomic E-state index is 0.288. The van der Waals surface area contributed by atoms with Gasteiger partial charge in [0.1, 0.15) is 33.6 Å². The molecule has 10 aromatic heterocycles. The first-order valence-electron chi connectivity index (χ1n) is 22.1. The monoisotopic (exact) mass is 886 g/mol. The van der Waals surface area contributed by atoms with Crippen molar-refractivity contribution in [1.29, 1.82) is 0 Å². The fourth-order valence-electron chi connectivity index (χ4n) is 9.42. The normalized spacial score (nSPS) is 12.9. The first kappa shape index (κ1) is 37.8. The lowest BCUT2D eigenvalue weighted by molar-refractivity contribution is 0.351. The maximum Gasteiger partial charge on any atom is 0.292 e. The van der Waals surface area contributed by atoms with Crippen molar-refractivity contribution in [3.63, 3.8) is 0 Å². The summed E-state index contributed by atoms with van der Waals surface area (Å²) in [5, 5.41) is 12.5. The molecule has 0 aliphatic heterocycles. The smallest absolute Gasteiger partial charge is 0.292 e. The standard InChI is InChI=1S/C54H34N10O4/c1-3-8-35(9-4-1)61-44-16-14-41(43-18-20-49(64-57-26-27-58-64)62(43)36-10-5-2-6-11-36)59-52(44)53-45(61)17-19-48(60-53)68-51-31-34-29-46-33(28-47(34)67-51)30-50(66-46)65-38-13-15-42-40(32-38)39-12-7-23-56-54(39)63(42)37-21-24-55-25-22-37/h1,3-5,7-32H,2,6H2. The number of allylic oxidation sites excluding steroid dienone is 4. The summed E-state index contributed by atoms with van der Waals surface area (Å²) in [6.45, 7) is 0. The van der Waals surface area contributed by atoms with Crippen molar-refractivity contribution in [1.82, 2.24) is 48.6 Å². The summed E-state index contributed by atoms with van der Waals surface area (Å²) in [4.78, 5) is 21.0. The predicted octanol–water partition coefficient (Wildman–Crippen LogP) is 12.8. The number of rotatable bonds is 9. The Morgan fingerprint density at radius 3 is 2.09 bits per heavy atom. The lowest BCUT2D eigenvalue weighted by Gasteiger charge is -2.16. The zero-order chi connectivity index (χ0) is 44.7. The van der Waals surface area contributed by atoms with Gasteiger partial charge in [0.05, 0.1) is 46.0 Å². The third-order valence-electron chi connectivity index (χ3n) is 12.4. The highest BCUT2D eigenvalue weighted by atomic mass is 16.6. The van der Waals surface area contributed by atoms with Gasteiger partial charge in [0.2, 0.25) is 5.88 Å². The quantitative estimate of drug-likeness (QED) is 0.137. The van der Waals surface area contributed by atoms with E-state index in [4.69, 9.17) is 33.3 Å². The minimum atomic E-state index is 0.288. The molecule has 3 aromatic carbocycles. The van der Waals surface area contributed by atoms with Crippen molar-refractivity contribution in [2.75, 3.05) is 0 Å². The Hall–Kier alpha value is -9.56. The number of benzene rings is 3. The SMILES string of the molecule is C1=CC(n2c(-c3ccc4c(n3)c3nc(Oc5cc6cc7oc(Oc8ccc9c(c8)c8cccnc8n9-c8ccncc8)cc7cc6o5)ccc3n4-c3ccccc3)ccc2-n2nccn2)=CCC1. The van der Waals surface area contributed by atoms with E-state index in [-0.39, 0.29) is 5.95 Å². The van der Waals surface area contributed by atoms with Crippen molar-refractivity contribution < 1.29 is 18.3 Å². The van der Waals surface area contributed by atoms with Crippen LogP contribution in [0.1, 0.15) is 12.8 Å². The van der Waals surface area contributed by atoms with Gasteiger partial charge in [-0.3, -0.25) is 14.1 Å². The van der Waals surface area contributed by atoms with E-state index in [0.29, 0.717) is 34.3 Å². The van der Waals surface area contributed by atoms with Gasteiger partial charge < -0.3 is 22.9 Å². The van der Waals surface area contributed by atoms with Crippen LogP contribution in [-0.2, 0) is 0 Å². The second-order valence-electron chi connectivity index (χ2n) is 16.4. The van der Waals surface area contributed by atoms with Gasteiger partial charge >= 0.3 is 0 Å². The number of aromatic nitrogens is 10. The number of pyridine rings is 4. The molecule has 0 unspecified atom stereocenters. The first-order chi connectivity index (χ1) is 33.7. The van der Waals surface area contributed by atoms with E-state index >= 15 is 0 Å². The van der Waals surface area contributed by atoms with Crippen LogP contribution in [0.25, 0.3) is 100 Å². The van der Waals surface area contributed by atoms with Crippen LogP contribution in [0.15, 0.2) is 192 Å². The molecule has 0 saturated carbocycles. The van der Waals surface area contributed by atoms with Gasteiger partial charge in [-0.1, -0.05) is 30.4 Å². The molecule has 0 saturated heterocycles. The van der Waals surface area contributed by atoms with Crippen molar-refractivity contribution in [3.8, 4) is 52.1 Å². The zero-order valence-electron chi connectivity index (χ0n) is 35.8. The van der Waals surface area contributed by atoms with E-state index in [0.717, 1.165) is 96.4 Å². The number of hydrogen-bond acceptors (Lipinski definition) is 10. The Labute approximate surface area is 384 Å². The molecule has 0 bridgehead atoms. The molecule has 0 spiro atoms. The minimum Gasteiger partial charge on any atom is -0.426 e. The molecular weight excluding hydrogens is 853 g/mol. The average molecular weight is 887 g/mol. The third kappa shape index (κ3) is 6.11. The number of nitrogens with zero attached hydrogens (tertiary/aromatic N) is 10. The fourth-order valence-corrected chi connectivity index (χ4v) is 9.42. The van der Waals surface area contributed by atoms with E-state index in [1.165, 1.54) is 0 Å². The van der Waals surface area contributed by atoms with Crippen LogP contribution >= 0.6 is 0 Å². The molecule has 0 N–H and O–H groups in total. The molecule has 0 atom stereocenters. The van der Waals surface area contributed by atoms with E-state index < -0.39 is 0 Å². The Morgan fingerprint density at radius 2 is 1.29 bits per heavy atom. The van der Waals surface area contributed by atoms with Gasteiger partial charge in [-0.15, -0.1) is 4.80 Å². The molecule has 13 aromatic rings. The summed E-state index contributed by atoms with van der Waals surface area (Å²) < 4.78 is 31.7. The molecule has 1 aliphatic carbocycles. The summed E-state index contributed by atoms with van der Waals surface area (Å²) in [7, 11) is 0. The number of hydrogen-bond donors (Lipinski definition) is 0. The molecule has 14 heteroatoms. The van der Waals surface area contributed by atoms with Crippen LogP contribution in [0, 0.1) is 0 Å². The summed E-state index contributed by atoms with van der Waals surface area (Å²) in [5.41, 5.74) is 11.0.